The molecular weight excluding hydrogens is 402 g/mol. The molecule has 4 heterocycles. The molecule has 0 bridgehead atoms. The quantitative estimate of drug-likeness (QED) is 0.451. The van der Waals surface area contributed by atoms with Gasteiger partial charge in [-0.25, -0.2) is 14.0 Å². The number of hydrogen-bond acceptors (Lipinski definition) is 5. The van der Waals surface area contributed by atoms with E-state index in [1.165, 1.54) is 11.1 Å². The second-order valence-electron chi connectivity index (χ2n) is 7.24. The van der Waals surface area contributed by atoms with E-state index in [9.17, 15) is 4.21 Å². The number of nitrogens with zero attached hydrogens (tertiary/aromatic N) is 5. The largest absolute Gasteiger partial charge is 0.254 e. The highest BCUT2D eigenvalue weighted by molar-refractivity contribution is 7.98. The molecule has 0 radical (unpaired) electrons. The molecule has 29 heavy (non-hydrogen) atoms. The van der Waals surface area contributed by atoms with E-state index in [0.717, 1.165) is 43.6 Å². The van der Waals surface area contributed by atoms with Crippen LogP contribution in [0, 0.1) is 34.6 Å². The summed E-state index contributed by atoms with van der Waals surface area (Å²) in [6.45, 7) is 12.3. The van der Waals surface area contributed by atoms with Gasteiger partial charge in [0.2, 0.25) is 0 Å². The predicted octanol–water partition coefficient (Wildman–Crippen LogP) is 4.44. The lowest BCUT2D eigenvalue weighted by atomic mass is 10.0. The van der Waals surface area contributed by atoms with Crippen LogP contribution >= 0.6 is 11.8 Å². The number of pyridine rings is 1. The van der Waals surface area contributed by atoms with Crippen LogP contribution in [-0.2, 0) is 10.8 Å². The van der Waals surface area contributed by atoms with Crippen LogP contribution in [0.15, 0.2) is 22.1 Å². The number of aryl methyl sites for hydroxylation is 3. The summed E-state index contributed by atoms with van der Waals surface area (Å²) in [6, 6.07) is 2.02. The van der Waals surface area contributed by atoms with Crippen LogP contribution in [0.4, 0.5) is 0 Å². The van der Waals surface area contributed by atoms with Crippen LogP contribution in [0.2, 0.25) is 0 Å². The van der Waals surface area contributed by atoms with Crippen molar-refractivity contribution in [1.29, 1.82) is 0 Å². The molecule has 0 aliphatic carbocycles. The van der Waals surface area contributed by atoms with Gasteiger partial charge in [0.15, 0.2) is 5.65 Å². The second-order valence-corrected chi connectivity index (χ2v) is 9.80. The lowest BCUT2D eigenvalue weighted by Crippen LogP contribution is -2.03. The first-order chi connectivity index (χ1) is 13.8. The van der Waals surface area contributed by atoms with Crippen molar-refractivity contribution in [3.8, 4) is 11.4 Å². The van der Waals surface area contributed by atoms with Crippen molar-refractivity contribution in [2.24, 2.45) is 0 Å². The summed E-state index contributed by atoms with van der Waals surface area (Å²) in [7, 11) is -1.17. The van der Waals surface area contributed by atoms with Gasteiger partial charge in [0.25, 0.3) is 0 Å². The van der Waals surface area contributed by atoms with Crippen molar-refractivity contribution in [3.63, 3.8) is 0 Å². The van der Waals surface area contributed by atoms with Gasteiger partial charge in [-0.3, -0.25) is 4.21 Å². The summed E-state index contributed by atoms with van der Waals surface area (Å²) in [6.07, 6.45) is 3.86. The Labute approximate surface area is 177 Å². The number of hydrogen-bond donors (Lipinski definition) is 0. The Kier molecular flexibility index (Phi) is 5.02. The minimum atomic E-state index is -1.17. The van der Waals surface area contributed by atoms with Crippen LogP contribution in [0.1, 0.15) is 35.0 Å². The molecule has 0 amide bonds. The van der Waals surface area contributed by atoms with Crippen LogP contribution in [-0.4, -0.2) is 40.4 Å². The number of aromatic nitrogens is 5. The molecule has 8 heteroatoms. The smallest absolute Gasteiger partial charge is 0.155 e. The Bertz CT molecular complexity index is 1300. The first-order valence-corrected chi connectivity index (χ1v) is 12.1. The molecule has 1 unspecified atom stereocenters. The van der Waals surface area contributed by atoms with Crippen LogP contribution in [0.3, 0.4) is 0 Å². The summed E-state index contributed by atoms with van der Waals surface area (Å²) >= 11 is 1.63. The minimum Gasteiger partial charge on any atom is -0.254 e. The second kappa shape index (κ2) is 7.25. The average Bonchev–Trinajstić information content (AvgIpc) is 3.28. The van der Waals surface area contributed by atoms with Gasteiger partial charge in [0.1, 0.15) is 11.4 Å². The highest BCUT2D eigenvalue weighted by Crippen LogP contribution is 2.35. The fourth-order valence-corrected chi connectivity index (χ4v) is 5.22. The number of thioether (sulfide) groups is 1. The summed E-state index contributed by atoms with van der Waals surface area (Å²) in [5.74, 6) is 0.529. The van der Waals surface area contributed by atoms with E-state index in [1.807, 2.05) is 41.4 Å². The average molecular weight is 428 g/mol. The molecule has 4 rings (SSSR count). The van der Waals surface area contributed by atoms with E-state index < -0.39 is 10.8 Å². The molecule has 0 aromatic carbocycles. The SMILES string of the molecule is CCS(=O)c1c(-c2nc3cc(SC)cnn3c2C)nn2c(C)c(C)c(C)c(C)c12. The van der Waals surface area contributed by atoms with Gasteiger partial charge < -0.3 is 0 Å². The van der Waals surface area contributed by atoms with Crippen LogP contribution in [0.5, 0.6) is 0 Å². The zero-order valence-corrected chi connectivity index (χ0v) is 19.5. The molecule has 0 saturated carbocycles. The Morgan fingerprint density at radius 1 is 1.00 bits per heavy atom. The van der Waals surface area contributed by atoms with E-state index in [4.69, 9.17) is 10.1 Å². The molecule has 0 N–H and O–H groups in total. The predicted molar refractivity (Wildman–Crippen MR) is 120 cm³/mol. The Balaban J connectivity index is 2.13. The topological polar surface area (TPSA) is 64.6 Å². The molecule has 6 nitrogen and oxygen atoms in total. The standard InChI is InChI=1S/C21H25N5OS2/c1-8-29(27)21-19(24-26-14(5)12(3)11(2)13(4)20(21)26)18-15(6)25-17(23-18)9-16(28-7)10-22-25/h9-10H,8H2,1-7H3. The molecule has 152 valence electrons. The molecule has 1 atom stereocenters. The molecule has 0 aliphatic rings. The highest BCUT2D eigenvalue weighted by Gasteiger charge is 2.26. The van der Waals surface area contributed by atoms with Gasteiger partial charge in [-0.2, -0.15) is 10.2 Å². The molecule has 0 aliphatic heterocycles. The van der Waals surface area contributed by atoms with Crippen molar-refractivity contribution in [3.05, 3.63) is 40.3 Å². The third-order valence-electron chi connectivity index (χ3n) is 5.81. The molecule has 0 spiro atoms. The summed E-state index contributed by atoms with van der Waals surface area (Å²) in [5.41, 5.74) is 8.64. The van der Waals surface area contributed by atoms with Crippen molar-refractivity contribution >= 4 is 33.7 Å². The van der Waals surface area contributed by atoms with E-state index in [2.05, 4.69) is 32.8 Å². The van der Waals surface area contributed by atoms with Crippen LogP contribution in [0.25, 0.3) is 22.6 Å². The normalized spacial score (nSPS) is 12.9. The Morgan fingerprint density at radius 3 is 2.38 bits per heavy atom. The summed E-state index contributed by atoms with van der Waals surface area (Å²) in [4.78, 5) is 6.67. The van der Waals surface area contributed by atoms with Gasteiger partial charge >= 0.3 is 0 Å². The molecular formula is C21H25N5OS2. The highest BCUT2D eigenvalue weighted by atomic mass is 32.2. The maximum absolute atomic E-state index is 13.2. The van der Waals surface area contributed by atoms with E-state index >= 15 is 0 Å². The fourth-order valence-electron chi connectivity index (χ4n) is 3.75. The monoisotopic (exact) mass is 427 g/mol. The van der Waals surface area contributed by atoms with Gasteiger partial charge in [-0.05, 0) is 63.6 Å². The maximum atomic E-state index is 13.2. The van der Waals surface area contributed by atoms with Gasteiger partial charge in [-0.15, -0.1) is 11.8 Å². The van der Waals surface area contributed by atoms with E-state index in [1.54, 1.807) is 11.8 Å². The summed E-state index contributed by atoms with van der Waals surface area (Å²) in [5, 5.41) is 9.46. The Hall–Kier alpha value is -2.19. The van der Waals surface area contributed by atoms with Crippen molar-refractivity contribution < 1.29 is 4.21 Å². The lowest BCUT2D eigenvalue weighted by molar-refractivity contribution is 0.684. The number of imidazole rings is 1. The minimum absolute atomic E-state index is 0.529. The summed E-state index contributed by atoms with van der Waals surface area (Å²) < 4.78 is 16.9. The lowest BCUT2D eigenvalue weighted by Gasteiger charge is -2.12. The van der Waals surface area contributed by atoms with Crippen molar-refractivity contribution in [2.75, 3.05) is 12.0 Å². The molecule has 4 aromatic rings. The van der Waals surface area contributed by atoms with E-state index in [0.29, 0.717) is 11.4 Å². The van der Waals surface area contributed by atoms with Crippen LogP contribution < -0.4 is 0 Å². The maximum Gasteiger partial charge on any atom is 0.155 e. The van der Waals surface area contributed by atoms with Gasteiger partial charge in [0, 0.05) is 16.3 Å². The third kappa shape index (κ3) is 2.92. The fraction of sp³-hybridized carbons (Fsp3) is 0.381. The first-order valence-electron chi connectivity index (χ1n) is 9.57. The molecule has 4 aromatic heterocycles. The van der Waals surface area contributed by atoms with Gasteiger partial charge in [-0.1, -0.05) is 6.92 Å². The third-order valence-corrected chi connectivity index (χ3v) is 7.87. The zero-order chi connectivity index (χ0) is 21.0. The van der Waals surface area contributed by atoms with Gasteiger partial charge in [0.05, 0.1) is 33.1 Å². The molecule has 0 fully saturated rings. The van der Waals surface area contributed by atoms with Crippen molar-refractivity contribution in [1.82, 2.24) is 24.2 Å². The Morgan fingerprint density at radius 2 is 1.72 bits per heavy atom. The van der Waals surface area contributed by atoms with Crippen molar-refractivity contribution in [2.45, 2.75) is 51.3 Å². The zero-order valence-electron chi connectivity index (χ0n) is 17.8. The van der Waals surface area contributed by atoms with E-state index in [-0.39, 0.29) is 0 Å². The first kappa shape index (κ1) is 20.1. The number of rotatable bonds is 4. The molecule has 0 saturated heterocycles. The number of fused-ring (bicyclic) bond motifs is 2.